The predicted octanol–water partition coefficient (Wildman–Crippen LogP) is 1.46. The first kappa shape index (κ1) is 18.0. The second-order valence-corrected chi connectivity index (χ2v) is 6.53. The molecule has 2 aromatic heterocycles. The van der Waals surface area contributed by atoms with Gasteiger partial charge in [-0.2, -0.15) is 9.97 Å². The van der Waals surface area contributed by atoms with E-state index in [1.807, 2.05) is 6.07 Å². The molecular weight excluding hydrogens is 364 g/mol. The Balaban J connectivity index is 1.34. The summed E-state index contributed by atoms with van der Waals surface area (Å²) in [5, 5.41) is 0. The van der Waals surface area contributed by atoms with Gasteiger partial charge in [0.1, 0.15) is 12.6 Å². The van der Waals surface area contributed by atoms with E-state index in [9.17, 15) is 9.59 Å². The van der Waals surface area contributed by atoms with Crippen molar-refractivity contribution in [3.05, 3.63) is 47.2 Å². The highest BCUT2D eigenvalue weighted by molar-refractivity contribution is 5.79. The van der Waals surface area contributed by atoms with Crippen LogP contribution < -0.4 is 15.2 Å². The molecule has 0 unspecified atom stereocenters. The summed E-state index contributed by atoms with van der Waals surface area (Å²) in [6, 6.07) is 7.36. The lowest BCUT2D eigenvalue weighted by Gasteiger charge is -2.31. The molecule has 1 aliphatic heterocycles. The zero-order chi connectivity index (χ0) is 19.5. The average Bonchev–Trinajstić information content (AvgIpc) is 3.04. The Bertz CT molecular complexity index is 1020. The largest absolute Gasteiger partial charge is 0.494 e. The molecule has 0 bridgehead atoms. The monoisotopic (exact) mass is 384 g/mol. The molecule has 0 radical (unpaired) electrons. The summed E-state index contributed by atoms with van der Waals surface area (Å²) >= 11 is 0. The van der Waals surface area contributed by atoms with Crippen LogP contribution in [0.15, 0.2) is 45.9 Å². The lowest BCUT2D eigenvalue weighted by atomic mass is 10.1. The zero-order valence-electron chi connectivity index (χ0n) is 15.4. The summed E-state index contributed by atoms with van der Waals surface area (Å²) in [5.74, 6) is -0.0768. The fourth-order valence-corrected chi connectivity index (χ4v) is 3.24. The van der Waals surface area contributed by atoms with Gasteiger partial charge in [-0.15, -0.1) is 0 Å². The number of benzene rings is 1. The summed E-state index contributed by atoms with van der Waals surface area (Å²) < 4.78 is 17.3. The number of rotatable bonds is 5. The van der Waals surface area contributed by atoms with E-state index in [0.717, 1.165) is 0 Å². The predicted molar refractivity (Wildman–Crippen MR) is 99.3 cm³/mol. The molecule has 9 nitrogen and oxygen atoms in total. The van der Waals surface area contributed by atoms with Gasteiger partial charge >= 0.3 is 11.8 Å². The van der Waals surface area contributed by atoms with E-state index in [1.165, 1.54) is 4.57 Å². The van der Waals surface area contributed by atoms with Gasteiger partial charge in [-0.1, -0.05) is 12.1 Å². The number of nitrogens with zero attached hydrogens (tertiary/aromatic N) is 4. The number of carbonyl (C=O) groups is 1. The van der Waals surface area contributed by atoms with Gasteiger partial charge in [0.15, 0.2) is 11.3 Å². The molecule has 0 atom stereocenters. The van der Waals surface area contributed by atoms with Crippen LogP contribution in [0.1, 0.15) is 12.8 Å². The summed E-state index contributed by atoms with van der Waals surface area (Å²) in [5.41, 5.74) is 1.10. The van der Waals surface area contributed by atoms with E-state index in [1.54, 1.807) is 42.6 Å². The quantitative estimate of drug-likeness (QED) is 0.657. The second-order valence-electron chi connectivity index (χ2n) is 6.53. The van der Waals surface area contributed by atoms with Crippen molar-refractivity contribution in [3.63, 3.8) is 0 Å². The molecule has 1 saturated heterocycles. The number of amides is 1. The van der Waals surface area contributed by atoms with Crippen LogP contribution in [0.25, 0.3) is 11.1 Å². The third kappa shape index (κ3) is 3.68. The van der Waals surface area contributed by atoms with Crippen LogP contribution in [-0.2, 0) is 11.3 Å². The topological polar surface area (TPSA) is 99.7 Å². The van der Waals surface area contributed by atoms with Crippen molar-refractivity contribution in [1.82, 2.24) is 19.4 Å². The third-order valence-electron chi connectivity index (χ3n) is 4.77. The minimum absolute atomic E-state index is 0.0387. The van der Waals surface area contributed by atoms with Crippen molar-refractivity contribution in [1.29, 1.82) is 0 Å². The Morgan fingerprint density at radius 3 is 2.64 bits per heavy atom. The summed E-state index contributed by atoms with van der Waals surface area (Å²) in [4.78, 5) is 34.6. The van der Waals surface area contributed by atoms with Gasteiger partial charge in [0.25, 0.3) is 0 Å². The first-order valence-corrected chi connectivity index (χ1v) is 9.03. The number of piperidine rings is 1. The summed E-state index contributed by atoms with van der Waals surface area (Å²) in [6.45, 7) is 1.05. The molecule has 1 aromatic carbocycles. The van der Waals surface area contributed by atoms with E-state index in [-0.39, 0.29) is 18.6 Å². The molecule has 4 rings (SSSR count). The van der Waals surface area contributed by atoms with Crippen molar-refractivity contribution in [2.24, 2.45) is 0 Å². The highest BCUT2D eigenvalue weighted by atomic mass is 16.5. The van der Waals surface area contributed by atoms with Crippen LogP contribution in [0, 0.1) is 0 Å². The van der Waals surface area contributed by atoms with Crippen LogP contribution in [0.5, 0.6) is 11.8 Å². The van der Waals surface area contributed by atoms with Crippen molar-refractivity contribution < 1.29 is 18.7 Å². The molecule has 1 fully saturated rings. The standard InChI is InChI=1S/C19H20N4O5/c1-26-14-10-20-18(21-11-14)27-13-6-8-22(9-7-13)17(24)12-23-15-4-2-3-5-16(15)28-19(23)25/h2-5,10-11,13H,6-9,12H2,1H3. The number of ether oxygens (including phenoxy) is 2. The second kappa shape index (κ2) is 7.71. The number of hydrogen-bond donors (Lipinski definition) is 0. The maximum Gasteiger partial charge on any atom is 0.420 e. The summed E-state index contributed by atoms with van der Waals surface area (Å²) in [7, 11) is 1.55. The summed E-state index contributed by atoms with van der Waals surface area (Å²) in [6.07, 6.45) is 4.38. The van der Waals surface area contributed by atoms with Gasteiger partial charge in [0.05, 0.1) is 25.0 Å². The number of aromatic nitrogens is 3. The van der Waals surface area contributed by atoms with Crippen molar-refractivity contribution >= 4 is 17.0 Å². The van der Waals surface area contributed by atoms with Crippen molar-refractivity contribution in [3.8, 4) is 11.8 Å². The Morgan fingerprint density at radius 2 is 1.93 bits per heavy atom. The van der Waals surface area contributed by atoms with Gasteiger partial charge in [-0.3, -0.25) is 9.36 Å². The van der Waals surface area contributed by atoms with E-state index >= 15 is 0 Å². The number of para-hydroxylation sites is 2. The Hall–Kier alpha value is -3.36. The highest BCUT2D eigenvalue weighted by Gasteiger charge is 2.25. The number of carbonyl (C=O) groups excluding carboxylic acids is 1. The first-order valence-electron chi connectivity index (χ1n) is 9.03. The minimum atomic E-state index is -0.524. The van der Waals surface area contributed by atoms with E-state index < -0.39 is 5.76 Å². The van der Waals surface area contributed by atoms with Gasteiger partial charge in [-0.25, -0.2) is 4.79 Å². The van der Waals surface area contributed by atoms with Crippen LogP contribution in [0.3, 0.4) is 0 Å². The molecule has 0 N–H and O–H groups in total. The van der Waals surface area contributed by atoms with Gasteiger partial charge in [0, 0.05) is 25.9 Å². The Labute approximate surface area is 160 Å². The van der Waals surface area contributed by atoms with E-state index in [4.69, 9.17) is 13.9 Å². The molecular formula is C19H20N4O5. The molecule has 0 spiro atoms. The zero-order valence-corrected chi connectivity index (χ0v) is 15.4. The van der Waals surface area contributed by atoms with Gasteiger partial charge in [0.2, 0.25) is 5.91 Å². The molecule has 9 heteroatoms. The minimum Gasteiger partial charge on any atom is -0.494 e. The fourth-order valence-electron chi connectivity index (χ4n) is 3.24. The van der Waals surface area contributed by atoms with Crippen molar-refractivity contribution in [2.75, 3.05) is 20.2 Å². The Morgan fingerprint density at radius 1 is 1.21 bits per heavy atom. The molecule has 28 heavy (non-hydrogen) atoms. The number of likely N-dealkylation sites (tertiary alicyclic amines) is 1. The smallest absolute Gasteiger partial charge is 0.420 e. The van der Waals surface area contributed by atoms with Crippen LogP contribution >= 0.6 is 0 Å². The lowest BCUT2D eigenvalue weighted by molar-refractivity contribution is -0.133. The molecule has 146 valence electrons. The van der Waals surface area contributed by atoms with Gasteiger partial charge < -0.3 is 18.8 Å². The Kier molecular flexibility index (Phi) is 4.96. The molecule has 3 heterocycles. The first-order chi connectivity index (χ1) is 13.6. The van der Waals surface area contributed by atoms with Crippen molar-refractivity contribution in [2.45, 2.75) is 25.5 Å². The van der Waals surface area contributed by atoms with Crippen LogP contribution in [0.4, 0.5) is 0 Å². The van der Waals surface area contributed by atoms with Crippen LogP contribution in [-0.4, -0.2) is 51.6 Å². The number of oxazole rings is 1. The number of hydrogen-bond acceptors (Lipinski definition) is 7. The fraction of sp³-hybridized carbons (Fsp3) is 0.368. The van der Waals surface area contributed by atoms with Gasteiger partial charge in [-0.05, 0) is 12.1 Å². The molecule has 3 aromatic rings. The SMILES string of the molecule is COc1cnc(OC2CCN(C(=O)Cn3c(=O)oc4ccccc43)CC2)nc1. The maximum absolute atomic E-state index is 12.6. The number of methoxy groups -OCH3 is 1. The third-order valence-corrected chi connectivity index (χ3v) is 4.77. The average molecular weight is 384 g/mol. The van der Waals surface area contributed by atoms with E-state index in [0.29, 0.717) is 48.8 Å². The molecule has 1 aliphatic rings. The van der Waals surface area contributed by atoms with Crippen LogP contribution in [0.2, 0.25) is 0 Å². The molecule has 0 saturated carbocycles. The normalized spacial score (nSPS) is 15.0. The number of fused-ring (bicyclic) bond motifs is 1. The lowest BCUT2D eigenvalue weighted by Crippen LogP contribution is -2.43. The maximum atomic E-state index is 12.6. The highest BCUT2D eigenvalue weighted by Crippen LogP contribution is 2.18. The van der Waals surface area contributed by atoms with E-state index in [2.05, 4.69) is 9.97 Å². The molecule has 1 amide bonds. The molecule has 0 aliphatic carbocycles.